The van der Waals surface area contributed by atoms with E-state index in [2.05, 4.69) is 22.8 Å². The summed E-state index contributed by atoms with van der Waals surface area (Å²) < 4.78 is 10.9. The number of amides is 2. The van der Waals surface area contributed by atoms with Gasteiger partial charge < -0.3 is 25.2 Å². The zero-order valence-corrected chi connectivity index (χ0v) is 20.1. The molecule has 2 aliphatic rings. The molecule has 0 heterocycles. The minimum absolute atomic E-state index is 0.0426. The molecule has 2 aliphatic carbocycles. The van der Waals surface area contributed by atoms with E-state index in [1.54, 1.807) is 7.11 Å². The second kappa shape index (κ2) is 10.5. The van der Waals surface area contributed by atoms with Gasteiger partial charge >= 0.3 is 12.1 Å². The Morgan fingerprint density at radius 3 is 2.20 bits per heavy atom. The van der Waals surface area contributed by atoms with Crippen LogP contribution >= 0.6 is 0 Å². The molecule has 186 valence electrons. The number of carboxylic acids is 1. The van der Waals surface area contributed by atoms with Crippen LogP contribution < -0.4 is 10.6 Å². The SMILES string of the molecule is COCC(C)(NC(=O)C(CCC(=O)O)NC(=O)OCC1c2ccccc2-c2ccccc21)C1CC1. The van der Waals surface area contributed by atoms with Gasteiger partial charge in [-0.2, -0.15) is 0 Å². The fourth-order valence-corrected chi connectivity index (χ4v) is 4.96. The molecule has 1 saturated carbocycles. The molecule has 8 heteroatoms. The summed E-state index contributed by atoms with van der Waals surface area (Å²) in [7, 11) is 1.57. The number of ether oxygens (including phenoxy) is 2. The molecule has 0 radical (unpaired) electrons. The smallest absolute Gasteiger partial charge is 0.407 e. The van der Waals surface area contributed by atoms with Crippen LogP contribution in [0.4, 0.5) is 4.79 Å². The van der Waals surface area contributed by atoms with Gasteiger partial charge in [0, 0.05) is 19.4 Å². The van der Waals surface area contributed by atoms with Gasteiger partial charge in [0.1, 0.15) is 12.6 Å². The van der Waals surface area contributed by atoms with Crippen LogP contribution in [0, 0.1) is 5.92 Å². The number of methoxy groups -OCH3 is 1. The van der Waals surface area contributed by atoms with Gasteiger partial charge in [-0.1, -0.05) is 48.5 Å². The molecule has 0 aromatic heterocycles. The topological polar surface area (TPSA) is 114 Å². The molecule has 2 amide bonds. The van der Waals surface area contributed by atoms with Crippen LogP contribution in [0.1, 0.15) is 49.7 Å². The quantitative estimate of drug-likeness (QED) is 0.452. The van der Waals surface area contributed by atoms with Crippen molar-refractivity contribution in [3.63, 3.8) is 0 Å². The number of hydrogen-bond donors (Lipinski definition) is 3. The fraction of sp³-hybridized carbons (Fsp3) is 0.444. The predicted octanol–water partition coefficient (Wildman–Crippen LogP) is 3.69. The van der Waals surface area contributed by atoms with Crippen molar-refractivity contribution >= 4 is 18.0 Å². The number of fused-ring (bicyclic) bond motifs is 3. The van der Waals surface area contributed by atoms with Gasteiger partial charge in [0.15, 0.2) is 0 Å². The largest absolute Gasteiger partial charge is 0.481 e. The highest BCUT2D eigenvalue weighted by Gasteiger charge is 2.43. The van der Waals surface area contributed by atoms with Gasteiger partial charge in [0.2, 0.25) is 5.91 Å². The standard InChI is InChI=1S/C27H32N2O6/c1-27(16-34-2,17-11-12-17)29-25(32)23(13-14-24(30)31)28-26(33)35-15-22-20-9-5-3-7-18(20)19-8-4-6-10-21(19)22/h3-10,17,22-23H,11-16H2,1-2H3,(H,28,33)(H,29,32)(H,30,31). The first-order valence-corrected chi connectivity index (χ1v) is 12.0. The summed E-state index contributed by atoms with van der Waals surface area (Å²) in [6.07, 6.45) is 0.919. The first kappa shape index (κ1) is 24.7. The average Bonchev–Trinajstić information content (AvgIpc) is 3.64. The summed E-state index contributed by atoms with van der Waals surface area (Å²) in [6, 6.07) is 15.0. The van der Waals surface area contributed by atoms with Crippen molar-refractivity contribution in [1.29, 1.82) is 0 Å². The molecule has 3 N–H and O–H groups in total. The summed E-state index contributed by atoms with van der Waals surface area (Å²) >= 11 is 0. The number of aliphatic carboxylic acids is 1. The number of nitrogens with one attached hydrogen (secondary N) is 2. The van der Waals surface area contributed by atoms with E-state index in [-0.39, 0.29) is 25.4 Å². The maximum Gasteiger partial charge on any atom is 0.407 e. The zero-order valence-electron chi connectivity index (χ0n) is 20.1. The van der Waals surface area contributed by atoms with E-state index in [1.165, 1.54) is 0 Å². The number of carbonyl (C=O) groups is 3. The maximum absolute atomic E-state index is 13.1. The van der Waals surface area contributed by atoms with Crippen molar-refractivity contribution in [3.05, 3.63) is 59.7 Å². The van der Waals surface area contributed by atoms with Gasteiger partial charge in [0.25, 0.3) is 0 Å². The molecule has 35 heavy (non-hydrogen) atoms. The molecule has 2 unspecified atom stereocenters. The zero-order chi connectivity index (χ0) is 25.0. The normalized spacial score (nSPS) is 17.0. The lowest BCUT2D eigenvalue weighted by molar-refractivity contribution is -0.137. The van der Waals surface area contributed by atoms with Crippen molar-refractivity contribution in [2.45, 2.75) is 50.1 Å². The van der Waals surface area contributed by atoms with Crippen molar-refractivity contribution in [1.82, 2.24) is 10.6 Å². The van der Waals surface area contributed by atoms with E-state index >= 15 is 0 Å². The highest BCUT2D eigenvalue weighted by atomic mass is 16.5. The van der Waals surface area contributed by atoms with E-state index in [0.717, 1.165) is 35.1 Å². The summed E-state index contributed by atoms with van der Waals surface area (Å²) in [5.41, 5.74) is 3.83. The maximum atomic E-state index is 13.1. The van der Waals surface area contributed by atoms with E-state index in [0.29, 0.717) is 12.5 Å². The van der Waals surface area contributed by atoms with Gasteiger partial charge in [-0.3, -0.25) is 9.59 Å². The van der Waals surface area contributed by atoms with Crippen LogP contribution in [-0.2, 0) is 19.1 Å². The Morgan fingerprint density at radius 1 is 1.06 bits per heavy atom. The summed E-state index contributed by atoms with van der Waals surface area (Å²) in [5.74, 6) is -1.30. The van der Waals surface area contributed by atoms with Gasteiger partial charge in [-0.05, 0) is 54.4 Å². The summed E-state index contributed by atoms with van der Waals surface area (Å²) in [6.45, 7) is 2.35. The summed E-state index contributed by atoms with van der Waals surface area (Å²) in [4.78, 5) is 37.0. The molecule has 0 spiro atoms. The molecule has 2 aromatic carbocycles. The van der Waals surface area contributed by atoms with Crippen LogP contribution in [0.5, 0.6) is 0 Å². The van der Waals surface area contributed by atoms with Crippen molar-refractivity contribution in [3.8, 4) is 11.1 Å². The monoisotopic (exact) mass is 480 g/mol. The number of carbonyl (C=O) groups excluding carboxylic acids is 2. The van der Waals surface area contributed by atoms with E-state index in [4.69, 9.17) is 14.6 Å². The lowest BCUT2D eigenvalue weighted by Crippen LogP contribution is -2.57. The molecule has 1 fully saturated rings. The number of hydrogen-bond acceptors (Lipinski definition) is 5. The first-order valence-electron chi connectivity index (χ1n) is 12.0. The average molecular weight is 481 g/mol. The number of carboxylic acid groups (broad SMARTS) is 1. The Hall–Kier alpha value is -3.39. The lowest BCUT2D eigenvalue weighted by atomic mass is 9.96. The Kier molecular flexibility index (Phi) is 7.40. The minimum Gasteiger partial charge on any atom is -0.481 e. The first-order chi connectivity index (χ1) is 16.8. The van der Waals surface area contributed by atoms with Crippen LogP contribution in [0.25, 0.3) is 11.1 Å². The van der Waals surface area contributed by atoms with Crippen LogP contribution in [0.2, 0.25) is 0 Å². The highest BCUT2D eigenvalue weighted by Crippen LogP contribution is 2.44. The molecule has 0 saturated heterocycles. The van der Waals surface area contributed by atoms with Crippen LogP contribution in [0.3, 0.4) is 0 Å². The molecular formula is C27H32N2O6. The molecule has 2 aromatic rings. The van der Waals surface area contributed by atoms with Crippen molar-refractivity contribution in [2.24, 2.45) is 5.92 Å². The van der Waals surface area contributed by atoms with Gasteiger partial charge in [-0.25, -0.2) is 4.79 Å². The fourth-order valence-electron chi connectivity index (χ4n) is 4.96. The molecule has 2 atom stereocenters. The second-order valence-corrected chi connectivity index (χ2v) is 9.57. The van der Waals surface area contributed by atoms with Gasteiger partial charge in [-0.15, -0.1) is 0 Å². The van der Waals surface area contributed by atoms with Crippen LogP contribution in [-0.4, -0.2) is 55.0 Å². The lowest BCUT2D eigenvalue weighted by Gasteiger charge is -2.32. The van der Waals surface area contributed by atoms with Crippen molar-refractivity contribution in [2.75, 3.05) is 20.3 Å². The third-order valence-electron chi connectivity index (χ3n) is 6.93. The molecule has 0 aliphatic heterocycles. The van der Waals surface area contributed by atoms with E-state index < -0.39 is 29.6 Å². The molecule has 0 bridgehead atoms. The van der Waals surface area contributed by atoms with Gasteiger partial charge in [0.05, 0.1) is 12.1 Å². The Morgan fingerprint density at radius 2 is 1.66 bits per heavy atom. The predicted molar refractivity (Wildman–Crippen MR) is 130 cm³/mol. The Bertz CT molecular complexity index is 1050. The molecule has 4 rings (SSSR count). The third kappa shape index (κ3) is 5.65. The Balaban J connectivity index is 1.42. The van der Waals surface area contributed by atoms with E-state index in [9.17, 15) is 14.4 Å². The minimum atomic E-state index is -1.04. The molecular weight excluding hydrogens is 448 g/mol. The van der Waals surface area contributed by atoms with Crippen LogP contribution in [0.15, 0.2) is 48.5 Å². The third-order valence-corrected chi connectivity index (χ3v) is 6.93. The van der Waals surface area contributed by atoms with E-state index in [1.807, 2.05) is 43.3 Å². The number of rotatable bonds is 11. The number of benzene rings is 2. The second-order valence-electron chi connectivity index (χ2n) is 9.57. The van der Waals surface area contributed by atoms with Crippen molar-refractivity contribution < 1.29 is 29.0 Å². The number of alkyl carbamates (subject to hydrolysis) is 1. The highest BCUT2D eigenvalue weighted by molar-refractivity contribution is 5.87. The Labute approximate surface area is 205 Å². The molecule has 8 nitrogen and oxygen atoms in total. The summed E-state index contributed by atoms with van der Waals surface area (Å²) in [5, 5.41) is 14.7.